The minimum atomic E-state index is -1.22. The number of nitrogens with two attached hydrogens (primary N) is 1. The minimum absolute atomic E-state index is 0.0558. The molecule has 3 aromatic carbocycles. The van der Waals surface area contributed by atoms with Crippen LogP contribution in [-0.2, 0) is 38.4 Å². The molecule has 4 rings (SSSR count). The lowest BCUT2D eigenvalue weighted by molar-refractivity contribution is -0.142. The lowest BCUT2D eigenvalue weighted by atomic mass is 10.0. The molecule has 0 bridgehead atoms. The van der Waals surface area contributed by atoms with Crippen LogP contribution in [0.1, 0.15) is 23.1 Å². The molecule has 4 atom stereocenters. The standard InChI is InChI=1S/C34H39N5O5S/c1-45-17-16-28(32(41)39-30(34(43)44)20-24-21-36-27-15-9-8-14-25(24)27)37-33(42)29(19-23-12-6-3-7-13-23)38-31(40)26(35)18-22-10-4-2-5-11-22/h2-15,21,26,28-30,36H,16-20,35H2,1H3,(H,37,42)(H,38,40)(H,39,41)(H,43,44). The summed E-state index contributed by atoms with van der Waals surface area (Å²) in [4.78, 5) is 55.7. The van der Waals surface area contributed by atoms with Crippen LogP contribution in [0.3, 0.4) is 0 Å². The van der Waals surface area contributed by atoms with Crippen molar-refractivity contribution >= 4 is 46.4 Å². The molecule has 236 valence electrons. The average Bonchev–Trinajstić information content (AvgIpc) is 3.45. The molecule has 4 aromatic rings. The van der Waals surface area contributed by atoms with E-state index in [4.69, 9.17) is 5.73 Å². The van der Waals surface area contributed by atoms with Gasteiger partial charge >= 0.3 is 5.97 Å². The molecule has 0 aliphatic carbocycles. The van der Waals surface area contributed by atoms with E-state index >= 15 is 0 Å². The van der Waals surface area contributed by atoms with Crippen molar-refractivity contribution in [2.75, 3.05) is 12.0 Å². The summed E-state index contributed by atoms with van der Waals surface area (Å²) in [6.07, 6.45) is 4.39. The van der Waals surface area contributed by atoms with Crippen molar-refractivity contribution < 1.29 is 24.3 Å². The molecule has 0 aliphatic rings. The van der Waals surface area contributed by atoms with E-state index in [1.165, 1.54) is 11.8 Å². The van der Waals surface area contributed by atoms with Crippen LogP contribution in [0.5, 0.6) is 0 Å². The Hall–Kier alpha value is -4.61. The SMILES string of the molecule is CSCCC(NC(=O)C(Cc1ccccc1)NC(=O)C(N)Cc1ccccc1)C(=O)NC(Cc1c[nH]c2ccccc12)C(=O)O. The Balaban J connectivity index is 1.48. The zero-order valence-electron chi connectivity index (χ0n) is 25.1. The van der Waals surface area contributed by atoms with Crippen LogP contribution < -0.4 is 21.7 Å². The van der Waals surface area contributed by atoms with Crippen LogP contribution in [0.4, 0.5) is 0 Å². The van der Waals surface area contributed by atoms with E-state index in [0.717, 1.165) is 27.6 Å². The lowest BCUT2D eigenvalue weighted by Gasteiger charge is -2.25. The van der Waals surface area contributed by atoms with Crippen molar-refractivity contribution in [1.29, 1.82) is 0 Å². The topological polar surface area (TPSA) is 166 Å². The molecule has 0 saturated carbocycles. The number of fused-ring (bicyclic) bond motifs is 1. The second-order valence-electron chi connectivity index (χ2n) is 10.9. The minimum Gasteiger partial charge on any atom is -0.480 e. The highest BCUT2D eigenvalue weighted by Crippen LogP contribution is 2.19. The molecule has 45 heavy (non-hydrogen) atoms. The summed E-state index contributed by atoms with van der Waals surface area (Å²) < 4.78 is 0. The van der Waals surface area contributed by atoms with Gasteiger partial charge in [0.05, 0.1) is 6.04 Å². The van der Waals surface area contributed by atoms with Crippen LogP contribution in [0.25, 0.3) is 10.9 Å². The van der Waals surface area contributed by atoms with Crippen molar-refractivity contribution in [2.45, 2.75) is 49.9 Å². The Morgan fingerprint density at radius 3 is 1.93 bits per heavy atom. The van der Waals surface area contributed by atoms with Gasteiger partial charge in [0.1, 0.15) is 18.1 Å². The second-order valence-corrected chi connectivity index (χ2v) is 11.8. The molecule has 10 nitrogen and oxygen atoms in total. The van der Waals surface area contributed by atoms with Gasteiger partial charge in [0.25, 0.3) is 0 Å². The zero-order chi connectivity index (χ0) is 32.2. The third kappa shape index (κ3) is 9.69. The quantitative estimate of drug-likeness (QED) is 0.111. The van der Waals surface area contributed by atoms with Gasteiger partial charge in [-0.1, -0.05) is 78.9 Å². The number of carboxylic acids is 1. The zero-order valence-corrected chi connectivity index (χ0v) is 25.9. The Bertz CT molecular complexity index is 1580. The van der Waals surface area contributed by atoms with Crippen LogP contribution >= 0.6 is 11.8 Å². The predicted molar refractivity (Wildman–Crippen MR) is 177 cm³/mol. The Kier molecular flexibility index (Phi) is 12.2. The number of aromatic amines is 1. The molecule has 0 spiro atoms. The first-order chi connectivity index (χ1) is 21.7. The van der Waals surface area contributed by atoms with Crippen molar-refractivity contribution in [3.05, 3.63) is 108 Å². The Labute approximate surface area is 266 Å². The van der Waals surface area contributed by atoms with Gasteiger partial charge in [0.15, 0.2) is 0 Å². The molecule has 3 amide bonds. The smallest absolute Gasteiger partial charge is 0.326 e. The number of nitrogens with one attached hydrogen (secondary N) is 4. The number of benzene rings is 3. The molecule has 0 saturated heterocycles. The highest BCUT2D eigenvalue weighted by molar-refractivity contribution is 7.98. The number of aliphatic carboxylic acids is 1. The third-order valence-corrected chi connectivity index (χ3v) is 8.15. The van der Waals surface area contributed by atoms with E-state index in [1.807, 2.05) is 91.2 Å². The maximum Gasteiger partial charge on any atom is 0.326 e. The largest absolute Gasteiger partial charge is 0.480 e. The molecule has 0 fully saturated rings. The maximum atomic E-state index is 13.7. The number of para-hydroxylation sites is 1. The van der Waals surface area contributed by atoms with Gasteiger partial charge in [0.2, 0.25) is 17.7 Å². The number of amides is 3. The van der Waals surface area contributed by atoms with Crippen LogP contribution in [0.15, 0.2) is 91.1 Å². The molecule has 0 radical (unpaired) electrons. The van der Waals surface area contributed by atoms with Gasteiger partial charge in [-0.25, -0.2) is 4.79 Å². The molecule has 0 aliphatic heterocycles. The fourth-order valence-electron chi connectivity index (χ4n) is 5.07. The number of aromatic nitrogens is 1. The first-order valence-corrected chi connectivity index (χ1v) is 16.2. The summed E-state index contributed by atoms with van der Waals surface area (Å²) in [5.74, 6) is -2.33. The maximum absolute atomic E-state index is 13.7. The third-order valence-electron chi connectivity index (χ3n) is 7.51. The highest BCUT2D eigenvalue weighted by atomic mass is 32.2. The monoisotopic (exact) mass is 629 g/mol. The summed E-state index contributed by atoms with van der Waals surface area (Å²) in [6, 6.07) is 21.9. The highest BCUT2D eigenvalue weighted by Gasteiger charge is 2.31. The van der Waals surface area contributed by atoms with Gasteiger partial charge in [0, 0.05) is 29.9 Å². The van der Waals surface area contributed by atoms with E-state index < -0.39 is 47.9 Å². The summed E-state index contributed by atoms with van der Waals surface area (Å²) in [7, 11) is 0. The van der Waals surface area contributed by atoms with E-state index in [-0.39, 0.29) is 25.7 Å². The fraction of sp³-hybridized carbons (Fsp3) is 0.294. The number of carbonyl (C=O) groups excluding carboxylic acids is 3. The van der Waals surface area contributed by atoms with Crippen LogP contribution in [-0.4, -0.2) is 70.0 Å². The molecule has 4 unspecified atom stereocenters. The van der Waals surface area contributed by atoms with Crippen molar-refractivity contribution in [3.63, 3.8) is 0 Å². The number of hydrogen-bond acceptors (Lipinski definition) is 6. The van der Waals surface area contributed by atoms with E-state index in [2.05, 4.69) is 20.9 Å². The number of thioether (sulfide) groups is 1. The first kappa shape index (κ1) is 33.3. The molecule has 1 aromatic heterocycles. The molecule has 1 heterocycles. The van der Waals surface area contributed by atoms with Crippen molar-refractivity contribution in [1.82, 2.24) is 20.9 Å². The summed E-state index contributed by atoms with van der Waals surface area (Å²) in [5, 5.41) is 19.0. The second kappa shape index (κ2) is 16.5. The molecular weight excluding hydrogens is 590 g/mol. The van der Waals surface area contributed by atoms with E-state index in [0.29, 0.717) is 5.75 Å². The number of hydrogen-bond donors (Lipinski definition) is 6. The van der Waals surface area contributed by atoms with Gasteiger partial charge < -0.3 is 31.8 Å². The van der Waals surface area contributed by atoms with Crippen molar-refractivity contribution in [2.24, 2.45) is 5.73 Å². The van der Waals surface area contributed by atoms with Crippen LogP contribution in [0.2, 0.25) is 0 Å². The van der Waals surface area contributed by atoms with Crippen molar-refractivity contribution in [3.8, 4) is 0 Å². The predicted octanol–water partition coefficient (Wildman–Crippen LogP) is 2.82. The lowest BCUT2D eigenvalue weighted by Crippen LogP contribution is -2.58. The van der Waals surface area contributed by atoms with Gasteiger partial charge in [-0.2, -0.15) is 11.8 Å². The normalized spacial score (nSPS) is 13.7. The van der Waals surface area contributed by atoms with Crippen LogP contribution in [0, 0.1) is 0 Å². The average molecular weight is 630 g/mol. The van der Waals surface area contributed by atoms with Gasteiger partial charge in [-0.15, -0.1) is 0 Å². The molecule has 7 N–H and O–H groups in total. The summed E-state index contributed by atoms with van der Waals surface area (Å²) in [5.41, 5.74) is 9.52. The summed E-state index contributed by atoms with van der Waals surface area (Å²) >= 11 is 1.49. The van der Waals surface area contributed by atoms with Gasteiger partial charge in [-0.3, -0.25) is 14.4 Å². The van der Waals surface area contributed by atoms with Gasteiger partial charge in [-0.05, 0) is 47.6 Å². The first-order valence-electron chi connectivity index (χ1n) is 14.8. The Morgan fingerprint density at radius 2 is 1.29 bits per heavy atom. The fourth-order valence-corrected chi connectivity index (χ4v) is 5.54. The number of carbonyl (C=O) groups is 4. The molecular formula is C34H39N5O5S. The molecule has 11 heteroatoms. The number of carboxylic acid groups (broad SMARTS) is 1. The number of H-pyrrole nitrogens is 1. The summed E-state index contributed by atoms with van der Waals surface area (Å²) in [6.45, 7) is 0. The number of rotatable bonds is 16. The van der Waals surface area contributed by atoms with E-state index in [9.17, 15) is 24.3 Å². The Morgan fingerprint density at radius 1 is 0.733 bits per heavy atom. The van der Waals surface area contributed by atoms with E-state index in [1.54, 1.807) is 6.20 Å².